The quantitative estimate of drug-likeness (QED) is 0.770. The lowest BCUT2D eigenvalue weighted by Crippen LogP contribution is -2.37. The van der Waals surface area contributed by atoms with Gasteiger partial charge in [0.05, 0.1) is 5.41 Å². The second-order valence-corrected chi connectivity index (χ2v) is 5.61. The van der Waals surface area contributed by atoms with E-state index in [-0.39, 0.29) is 11.8 Å². The topological polar surface area (TPSA) is 95.5 Å². The molecule has 0 radical (unpaired) electrons. The van der Waals surface area contributed by atoms with Crippen LogP contribution in [0.4, 0.5) is 5.69 Å². The molecule has 0 aromatic heterocycles. The van der Waals surface area contributed by atoms with Gasteiger partial charge in [0.1, 0.15) is 6.04 Å². The summed E-state index contributed by atoms with van der Waals surface area (Å²) in [7, 11) is 0. The van der Waals surface area contributed by atoms with Crippen molar-refractivity contribution in [2.45, 2.75) is 37.1 Å². The summed E-state index contributed by atoms with van der Waals surface area (Å²) in [5.74, 6) is -1.15. The summed E-state index contributed by atoms with van der Waals surface area (Å²) in [6, 6.07) is 6.40. The molecule has 6 heteroatoms. The van der Waals surface area contributed by atoms with Crippen molar-refractivity contribution in [1.29, 1.82) is 0 Å². The largest absolute Gasteiger partial charge is 0.481 e. The molecule has 1 aromatic rings. The van der Waals surface area contributed by atoms with Crippen LogP contribution in [0.1, 0.15) is 31.2 Å². The highest BCUT2D eigenvalue weighted by Gasteiger charge is 2.51. The Balaban J connectivity index is 1.66. The lowest BCUT2D eigenvalue weighted by atomic mass is 9.96. The molecule has 21 heavy (non-hydrogen) atoms. The molecule has 1 aliphatic heterocycles. The van der Waals surface area contributed by atoms with Crippen molar-refractivity contribution < 1.29 is 19.5 Å². The van der Waals surface area contributed by atoms with Crippen molar-refractivity contribution in [1.82, 2.24) is 5.32 Å². The number of anilines is 1. The van der Waals surface area contributed by atoms with Crippen LogP contribution in [-0.4, -0.2) is 28.9 Å². The van der Waals surface area contributed by atoms with Crippen molar-refractivity contribution in [2.75, 3.05) is 5.32 Å². The van der Waals surface area contributed by atoms with E-state index in [0.717, 1.165) is 5.56 Å². The minimum absolute atomic E-state index is 0.109. The van der Waals surface area contributed by atoms with Crippen molar-refractivity contribution >= 4 is 23.5 Å². The highest BCUT2D eigenvalue weighted by atomic mass is 16.4. The van der Waals surface area contributed by atoms with Gasteiger partial charge in [-0.1, -0.05) is 12.1 Å². The van der Waals surface area contributed by atoms with E-state index in [4.69, 9.17) is 0 Å². The average molecular weight is 288 g/mol. The predicted octanol–water partition coefficient (Wildman–Crippen LogP) is 1.02. The summed E-state index contributed by atoms with van der Waals surface area (Å²) in [5, 5.41) is 14.6. The zero-order valence-electron chi connectivity index (χ0n) is 11.4. The summed E-state index contributed by atoms with van der Waals surface area (Å²) < 4.78 is 0. The van der Waals surface area contributed by atoms with E-state index >= 15 is 0 Å². The van der Waals surface area contributed by atoms with Crippen LogP contribution in [0.5, 0.6) is 0 Å². The van der Waals surface area contributed by atoms with Gasteiger partial charge in [-0.2, -0.15) is 0 Å². The molecule has 2 aliphatic rings. The van der Waals surface area contributed by atoms with Crippen LogP contribution in [0.2, 0.25) is 0 Å². The standard InChI is InChI=1S/C15H16N2O4/c18-12-6-5-11(17-12)13(19)16-10-3-1-9(2-4-10)15(7-8-15)14(20)21/h1-4,11H,5-8H2,(H,16,19)(H,17,18)(H,20,21)/t11-/m1/s1. The number of carboxylic acids is 1. The summed E-state index contributed by atoms with van der Waals surface area (Å²) in [6.45, 7) is 0. The number of benzene rings is 1. The van der Waals surface area contributed by atoms with Gasteiger partial charge in [0.15, 0.2) is 0 Å². The van der Waals surface area contributed by atoms with Crippen LogP contribution < -0.4 is 10.6 Å². The van der Waals surface area contributed by atoms with Gasteiger partial charge in [0, 0.05) is 12.1 Å². The number of amides is 2. The molecule has 0 bridgehead atoms. The van der Waals surface area contributed by atoms with Gasteiger partial charge >= 0.3 is 5.97 Å². The number of hydrogen-bond acceptors (Lipinski definition) is 3. The van der Waals surface area contributed by atoms with E-state index < -0.39 is 17.4 Å². The summed E-state index contributed by atoms with van der Waals surface area (Å²) in [6.07, 6.45) is 2.19. The maximum absolute atomic E-state index is 11.9. The number of rotatable bonds is 4. The fraction of sp³-hybridized carbons (Fsp3) is 0.400. The molecular formula is C15H16N2O4. The maximum atomic E-state index is 11.9. The molecular weight excluding hydrogens is 272 g/mol. The lowest BCUT2D eigenvalue weighted by molar-refractivity contribution is -0.140. The zero-order valence-corrected chi connectivity index (χ0v) is 11.4. The number of carbonyl (C=O) groups is 3. The summed E-state index contributed by atoms with van der Waals surface area (Å²) in [5.41, 5.74) is 0.635. The lowest BCUT2D eigenvalue weighted by Gasteiger charge is -2.13. The molecule has 1 saturated heterocycles. The van der Waals surface area contributed by atoms with Gasteiger partial charge in [-0.25, -0.2) is 0 Å². The fourth-order valence-electron chi connectivity index (χ4n) is 2.66. The van der Waals surface area contributed by atoms with Crippen LogP contribution >= 0.6 is 0 Å². The third kappa shape index (κ3) is 2.49. The molecule has 2 fully saturated rings. The highest BCUT2D eigenvalue weighted by molar-refractivity contribution is 5.99. The normalized spacial score (nSPS) is 22.5. The second kappa shape index (κ2) is 4.87. The Morgan fingerprint density at radius 1 is 1.24 bits per heavy atom. The van der Waals surface area contributed by atoms with Crippen LogP contribution in [0, 0.1) is 0 Å². The molecule has 1 saturated carbocycles. The SMILES string of the molecule is O=C1CC[C@H](C(=O)Nc2ccc(C3(C(=O)O)CC3)cc2)N1. The molecule has 110 valence electrons. The molecule has 2 amide bonds. The second-order valence-electron chi connectivity index (χ2n) is 5.61. The molecule has 1 heterocycles. The highest BCUT2D eigenvalue weighted by Crippen LogP contribution is 2.48. The molecule has 0 spiro atoms. The van der Waals surface area contributed by atoms with E-state index in [9.17, 15) is 19.5 Å². The third-order valence-electron chi connectivity index (χ3n) is 4.18. The van der Waals surface area contributed by atoms with E-state index in [1.807, 2.05) is 0 Å². The average Bonchev–Trinajstić information content (AvgIpc) is 3.16. The Morgan fingerprint density at radius 2 is 1.90 bits per heavy atom. The van der Waals surface area contributed by atoms with E-state index in [1.165, 1.54) is 0 Å². The van der Waals surface area contributed by atoms with Gasteiger partial charge in [-0.3, -0.25) is 14.4 Å². The van der Waals surface area contributed by atoms with Crippen LogP contribution in [0.3, 0.4) is 0 Å². The first-order valence-corrected chi connectivity index (χ1v) is 6.95. The molecule has 1 aromatic carbocycles. The minimum atomic E-state index is -0.798. The number of carboxylic acid groups (broad SMARTS) is 1. The molecule has 1 aliphatic carbocycles. The van der Waals surface area contributed by atoms with E-state index in [0.29, 0.717) is 31.4 Å². The summed E-state index contributed by atoms with van der Waals surface area (Å²) in [4.78, 5) is 34.3. The number of hydrogen-bond donors (Lipinski definition) is 3. The van der Waals surface area contributed by atoms with E-state index in [2.05, 4.69) is 10.6 Å². The Kier molecular flexibility index (Phi) is 3.16. The Morgan fingerprint density at radius 3 is 2.38 bits per heavy atom. The molecule has 0 unspecified atom stereocenters. The monoisotopic (exact) mass is 288 g/mol. The maximum Gasteiger partial charge on any atom is 0.314 e. The van der Waals surface area contributed by atoms with Gasteiger partial charge in [0.2, 0.25) is 11.8 Å². The zero-order chi connectivity index (χ0) is 15.0. The molecule has 3 N–H and O–H groups in total. The Labute approximate surface area is 121 Å². The number of aliphatic carboxylic acids is 1. The van der Waals surface area contributed by atoms with Gasteiger partial charge in [-0.05, 0) is 37.0 Å². The first-order valence-electron chi connectivity index (χ1n) is 6.95. The van der Waals surface area contributed by atoms with Crippen LogP contribution in [0.15, 0.2) is 24.3 Å². The predicted molar refractivity (Wildman–Crippen MR) is 74.8 cm³/mol. The van der Waals surface area contributed by atoms with Gasteiger partial charge in [-0.15, -0.1) is 0 Å². The van der Waals surface area contributed by atoms with Crippen molar-refractivity contribution in [3.8, 4) is 0 Å². The minimum Gasteiger partial charge on any atom is -0.481 e. The fourth-order valence-corrected chi connectivity index (χ4v) is 2.66. The van der Waals surface area contributed by atoms with E-state index in [1.54, 1.807) is 24.3 Å². The smallest absolute Gasteiger partial charge is 0.314 e. The van der Waals surface area contributed by atoms with Crippen molar-refractivity contribution in [3.05, 3.63) is 29.8 Å². The first-order chi connectivity index (χ1) is 10.0. The Hall–Kier alpha value is -2.37. The van der Waals surface area contributed by atoms with Crippen LogP contribution in [-0.2, 0) is 19.8 Å². The third-order valence-corrected chi connectivity index (χ3v) is 4.18. The van der Waals surface area contributed by atoms with Gasteiger partial charge in [0.25, 0.3) is 0 Å². The van der Waals surface area contributed by atoms with Crippen molar-refractivity contribution in [2.24, 2.45) is 0 Å². The molecule has 6 nitrogen and oxygen atoms in total. The molecule has 1 atom stereocenters. The first kappa shape index (κ1) is 13.6. The number of carbonyl (C=O) groups excluding carboxylic acids is 2. The molecule has 3 rings (SSSR count). The van der Waals surface area contributed by atoms with Crippen LogP contribution in [0.25, 0.3) is 0 Å². The van der Waals surface area contributed by atoms with Gasteiger partial charge < -0.3 is 15.7 Å². The number of nitrogens with one attached hydrogen (secondary N) is 2. The summed E-state index contributed by atoms with van der Waals surface area (Å²) >= 11 is 0. The Bertz CT molecular complexity index is 605. The van der Waals surface area contributed by atoms with Crippen molar-refractivity contribution in [3.63, 3.8) is 0 Å².